The quantitative estimate of drug-likeness (QED) is 0.868. The molecule has 3 unspecified atom stereocenters. The van der Waals surface area contributed by atoms with E-state index in [0.29, 0.717) is 18.6 Å². The maximum atomic E-state index is 5.96. The lowest BCUT2D eigenvalue weighted by Gasteiger charge is -2.41. The average molecular weight is 277 g/mol. The molecule has 1 aromatic rings. The van der Waals surface area contributed by atoms with Crippen LogP contribution in [-0.2, 0) is 0 Å². The van der Waals surface area contributed by atoms with Crippen LogP contribution in [0.4, 0.5) is 0 Å². The molecule has 4 heteroatoms. The molecule has 0 aromatic heterocycles. The van der Waals surface area contributed by atoms with Crippen LogP contribution >= 0.6 is 0 Å². The van der Waals surface area contributed by atoms with Crippen molar-refractivity contribution in [2.45, 2.75) is 51.2 Å². The van der Waals surface area contributed by atoms with Crippen LogP contribution in [0.1, 0.15) is 44.7 Å². The number of hydrogen-bond donors (Lipinski definition) is 2. The zero-order valence-corrected chi connectivity index (χ0v) is 12.8. The second-order valence-electron chi connectivity index (χ2n) is 5.73. The van der Waals surface area contributed by atoms with Crippen molar-refractivity contribution in [3.05, 3.63) is 29.8 Å². The van der Waals surface area contributed by atoms with Crippen LogP contribution < -0.4 is 15.9 Å². The van der Waals surface area contributed by atoms with Gasteiger partial charge in [0.1, 0.15) is 5.75 Å². The minimum Gasteiger partial charge on any atom is -0.497 e. The molecule has 0 saturated carbocycles. The van der Waals surface area contributed by atoms with Crippen LogP contribution in [0.25, 0.3) is 0 Å². The van der Waals surface area contributed by atoms with E-state index in [2.05, 4.69) is 36.4 Å². The molecule has 1 saturated heterocycles. The van der Waals surface area contributed by atoms with Crippen LogP contribution in [0.3, 0.4) is 0 Å². The second-order valence-corrected chi connectivity index (χ2v) is 5.73. The zero-order chi connectivity index (χ0) is 14.5. The van der Waals surface area contributed by atoms with Gasteiger partial charge in [-0.15, -0.1) is 0 Å². The van der Waals surface area contributed by atoms with Gasteiger partial charge in [0.15, 0.2) is 0 Å². The van der Waals surface area contributed by atoms with Gasteiger partial charge in [0.25, 0.3) is 0 Å². The highest BCUT2D eigenvalue weighted by atomic mass is 16.5. The number of nitrogens with one attached hydrogen (secondary N) is 1. The number of hydrogen-bond acceptors (Lipinski definition) is 4. The molecule has 1 aliphatic rings. The van der Waals surface area contributed by atoms with Gasteiger partial charge in [-0.25, -0.2) is 10.4 Å². The Labute approximate surface area is 122 Å². The van der Waals surface area contributed by atoms with E-state index in [4.69, 9.17) is 10.5 Å². The smallest absolute Gasteiger partial charge is 0.118 e. The molecule has 4 nitrogen and oxygen atoms in total. The summed E-state index contributed by atoms with van der Waals surface area (Å²) in [5.41, 5.74) is 10.8. The van der Waals surface area contributed by atoms with Gasteiger partial charge in [0, 0.05) is 18.6 Å². The lowest BCUT2D eigenvalue weighted by atomic mass is 9.99. The van der Waals surface area contributed by atoms with Crippen molar-refractivity contribution in [3.8, 4) is 5.75 Å². The number of benzene rings is 1. The van der Waals surface area contributed by atoms with E-state index in [9.17, 15) is 0 Å². The normalized spacial score (nSPS) is 25.4. The Hall–Kier alpha value is -1.10. The maximum absolute atomic E-state index is 5.96. The molecule has 0 bridgehead atoms. The summed E-state index contributed by atoms with van der Waals surface area (Å²) >= 11 is 0. The average Bonchev–Trinajstić information content (AvgIpc) is 2.47. The predicted octanol–water partition coefficient (Wildman–Crippen LogP) is 2.46. The third-order valence-electron chi connectivity index (χ3n) is 4.25. The number of nitrogens with two attached hydrogens (primary N) is 1. The Bertz CT molecular complexity index is 397. The fourth-order valence-corrected chi connectivity index (χ4v) is 2.96. The van der Waals surface area contributed by atoms with E-state index in [0.717, 1.165) is 5.75 Å². The van der Waals surface area contributed by atoms with Crippen LogP contribution in [-0.4, -0.2) is 30.7 Å². The summed E-state index contributed by atoms with van der Waals surface area (Å²) in [6.45, 7) is 5.15. The zero-order valence-electron chi connectivity index (χ0n) is 12.8. The van der Waals surface area contributed by atoms with Crippen molar-refractivity contribution in [1.82, 2.24) is 10.4 Å². The molecule has 0 radical (unpaired) electrons. The summed E-state index contributed by atoms with van der Waals surface area (Å²) in [6, 6.07) is 9.43. The highest BCUT2D eigenvalue weighted by Gasteiger charge is 2.26. The Morgan fingerprint density at radius 1 is 1.25 bits per heavy atom. The fraction of sp³-hybridized carbons (Fsp3) is 0.625. The van der Waals surface area contributed by atoms with E-state index in [-0.39, 0.29) is 6.04 Å². The summed E-state index contributed by atoms with van der Waals surface area (Å²) < 4.78 is 5.20. The highest BCUT2D eigenvalue weighted by molar-refractivity contribution is 5.29. The summed E-state index contributed by atoms with van der Waals surface area (Å²) in [6.07, 6.45) is 3.81. The topological polar surface area (TPSA) is 50.5 Å². The van der Waals surface area contributed by atoms with Crippen molar-refractivity contribution in [3.63, 3.8) is 0 Å². The van der Waals surface area contributed by atoms with Gasteiger partial charge in [-0.3, -0.25) is 0 Å². The minimum atomic E-state index is 0.156. The van der Waals surface area contributed by atoms with E-state index in [1.807, 2.05) is 12.1 Å². The molecular formula is C16H27N3O. The molecule has 0 spiro atoms. The summed E-state index contributed by atoms with van der Waals surface area (Å²) in [7, 11) is 1.69. The molecule has 2 rings (SSSR count). The molecule has 3 atom stereocenters. The van der Waals surface area contributed by atoms with Gasteiger partial charge in [0.05, 0.1) is 13.2 Å². The van der Waals surface area contributed by atoms with E-state index in [1.165, 1.54) is 24.8 Å². The Balaban J connectivity index is 2.07. The van der Waals surface area contributed by atoms with Crippen molar-refractivity contribution in [2.75, 3.05) is 13.7 Å². The molecule has 0 aliphatic carbocycles. The number of rotatable bonds is 5. The first-order valence-corrected chi connectivity index (χ1v) is 7.54. The first-order chi connectivity index (χ1) is 9.65. The Morgan fingerprint density at radius 3 is 2.35 bits per heavy atom. The standard InChI is InChI=1S/C16H27N3O/c1-12-5-4-6-13(2)19(12)18-16(11-17)14-7-9-15(20-3)10-8-14/h7-10,12-13,16,18H,4-6,11,17H2,1-3H3. The van der Waals surface area contributed by atoms with E-state index >= 15 is 0 Å². The van der Waals surface area contributed by atoms with Gasteiger partial charge in [0.2, 0.25) is 0 Å². The van der Waals surface area contributed by atoms with Crippen LogP contribution in [0.2, 0.25) is 0 Å². The highest BCUT2D eigenvalue weighted by Crippen LogP contribution is 2.24. The minimum absolute atomic E-state index is 0.156. The molecule has 1 heterocycles. The molecule has 3 N–H and O–H groups in total. The van der Waals surface area contributed by atoms with Crippen LogP contribution in [0.15, 0.2) is 24.3 Å². The summed E-state index contributed by atoms with van der Waals surface area (Å²) in [4.78, 5) is 0. The van der Waals surface area contributed by atoms with Crippen molar-refractivity contribution >= 4 is 0 Å². The van der Waals surface area contributed by atoms with Crippen molar-refractivity contribution < 1.29 is 4.74 Å². The first-order valence-electron chi connectivity index (χ1n) is 7.54. The Kier molecular flexibility index (Phi) is 5.40. The van der Waals surface area contributed by atoms with Gasteiger partial charge in [-0.05, 0) is 44.4 Å². The number of ether oxygens (including phenoxy) is 1. The molecule has 1 aliphatic heterocycles. The summed E-state index contributed by atoms with van der Waals surface area (Å²) in [5, 5.41) is 2.38. The lowest BCUT2D eigenvalue weighted by Crippen LogP contribution is -2.54. The first kappa shape index (κ1) is 15.3. The number of methoxy groups -OCH3 is 1. The molecule has 112 valence electrons. The van der Waals surface area contributed by atoms with Gasteiger partial charge >= 0.3 is 0 Å². The van der Waals surface area contributed by atoms with Gasteiger partial charge < -0.3 is 10.5 Å². The number of nitrogens with zero attached hydrogens (tertiary/aromatic N) is 1. The molecular weight excluding hydrogens is 250 g/mol. The van der Waals surface area contributed by atoms with Crippen molar-refractivity contribution in [2.24, 2.45) is 5.73 Å². The maximum Gasteiger partial charge on any atom is 0.118 e. The van der Waals surface area contributed by atoms with Crippen LogP contribution in [0, 0.1) is 0 Å². The fourth-order valence-electron chi connectivity index (χ4n) is 2.96. The molecule has 1 aromatic carbocycles. The second kappa shape index (κ2) is 7.07. The number of hydrazine groups is 1. The third-order valence-corrected chi connectivity index (χ3v) is 4.25. The molecule has 0 amide bonds. The molecule has 1 fully saturated rings. The number of piperidine rings is 1. The lowest BCUT2D eigenvalue weighted by molar-refractivity contribution is 0.0304. The SMILES string of the molecule is COc1ccc(C(CN)NN2C(C)CCCC2C)cc1. The van der Waals surface area contributed by atoms with Crippen LogP contribution in [0.5, 0.6) is 5.75 Å². The van der Waals surface area contributed by atoms with E-state index < -0.39 is 0 Å². The van der Waals surface area contributed by atoms with Crippen molar-refractivity contribution in [1.29, 1.82) is 0 Å². The monoisotopic (exact) mass is 277 g/mol. The summed E-state index contributed by atoms with van der Waals surface area (Å²) in [5.74, 6) is 0.879. The Morgan fingerprint density at radius 2 is 1.85 bits per heavy atom. The predicted molar refractivity (Wildman–Crippen MR) is 82.5 cm³/mol. The largest absolute Gasteiger partial charge is 0.497 e. The van der Waals surface area contributed by atoms with Gasteiger partial charge in [-0.1, -0.05) is 18.6 Å². The van der Waals surface area contributed by atoms with Gasteiger partial charge in [-0.2, -0.15) is 0 Å². The third kappa shape index (κ3) is 3.51. The molecule has 20 heavy (non-hydrogen) atoms. The van der Waals surface area contributed by atoms with E-state index in [1.54, 1.807) is 7.11 Å².